The van der Waals surface area contributed by atoms with Gasteiger partial charge in [-0.15, -0.1) is 0 Å². The molecule has 1 aromatic rings. The molecule has 0 aliphatic rings. The summed E-state index contributed by atoms with van der Waals surface area (Å²) in [6.45, 7) is -0.437. The van der Waals surface area contributed by atoms with Gasteiger partial charge < -0.3 is 10.8 Å². The van der Waals surface area contributed by atoms with Crippen molar-refractivity contribution in [3.63, 3.8) is 0 Å². The molecule has 0 aliphatic carbocycles. The standard InChI is InChI=1S/C9H13N3O5S/c1-11(4-5-13)18(16,17)7-2-3-8(10)9(6-7)12(14)15/h2-3,6,13H,4-5,10H2,1H3. The van der Waals surface area contributed by atoms with E-state index in [1.807, 2.05) is 0 Å². The molecular weight excluding hydrogens is 262 g/mol. The molecule has 18 heavy (non-hydrogen) atoms. The van der Waals surface area contributed by atoms with Crippen molar-refractivity contribution in [3.05, 3.63) is 28.3 Å². The largest absolute Gasteiger partial charge is 0.395 e. The normalized spacial score (nSPS) is 11.7. The van der Waals surface area contributed by atoms with Crippen molar-refractivity contribution < 1.29 is 18.4 Å². The number of nitro benzene ring substituents is 1. The second kappa shape index (κ2) is 5.29. The fourth-order valence-electron chi connectivity index (χ4n) is 1.28. The molecule has 0 aliphatic heterocycles. The van der Waals surface area contributed by atoms with E-state index in [-0.39, 0.29) is 23.7 Å². The molecule has 8 nitrogen and oxygen atoms in total. The summed E-state index contributed by atoms with van der Waals surface area (Å²) in [5, 5.41) is 19.4. The first-order valence-corrected chi connectivity index (χ1v) is 6.36. The molecule has 0 amide bonds. The fourth-order valence-corrected chi connectivity index (χ4v) is 2.47. The van der Waals surface area contributed by atoms with Crippen molar-refractivity contribution in [2.45, 2.75) is 4.90 Å². The lowest BCUT2D eigenvalue weighted by Crippen LogP contribution is -2.29. The number of nitrogens with two attached hydrogens (primary N) is 1. The summed E-state index contributed by atoms with van der Waals surface area (Å²) in [7, 11) is -2.59. The van der Waals surface area contributed by atoms with Crippen LogP contribution in [0.1, 0.15) is 0 Å². The Morgan fingerprint density at radius 2 is 2.11 bits per heavy atom. The molecule has 100 valence electrons. The number of nitro groups is 1. The smallest absolute Gasteiger partial charge is 0.293 e. The van der Waals surface area contributed by atoms with Gasteiger partial charge in [0, 0.05) is 19.7 Å². The molecule has 0 aromatic heterocycles. The number of likely N-dealkylation sites (N-methyl/N-ethyl adjacent to an activating group) is 1. The van der Waals surface area contributed by atoms with Crippen LogP contribution in [0.15, 0.2) is 23.1 Å². The van der Waals surface area contributed by atoms with Gasteiger partial charge in [0.15, 0.2) is 0 Å². The number of aliphatic hydroxyl groups is 1. The monoisotopic (exact) mass is 275 g/mol. The minimum absolute atomic E-state index is 0.0967. The van der Waals surface area contributed by atoms with Gasteiger partial charge in [0.05, 0.1) is 16.4 Å². The van der Waals surface area contributed by atoms with Gasteiger partial charge in [-0.2, -0.15) is 4.31 Å². The summed E-state index contributed by atoms with van der Waals surface area (Å²) in [6.07, 6.45) is 0. The molecule has 0 atom stereocenters. The summed E-state index contributed by atoms with van der Waals surface area (Å²) in [6, 6.07) is 3.25. The van der Waals surface area contributed by atoms with Crippen molar-refractivity contribution in [1.29, 1.82) is 0 Å². The topological polar surface area (TPSA) is 127 Å². The molecular formula is C9H13N3O5S. The Morgan fingerprint density at radius 3 is 2.61 bits per heavy atom. The van der Waals surface area contributed by atoms with Gasteiger partial charge in [-0.25, -0.2) is 8.42 Å². The van der Waals surface area contributed by atoms with Crippen LogP contribution in [0.25, 0.3) is 0 Å². The van der Waals surface area contributed by atoms with Crippen LogP contribution in [0.4, 0.5) is 11.4 Å². The van der Waals surface area contributed by atoms with Crippen molar-refractivity contribution >= 4 is 21.4 Å². The van der Waals surface area contributed by atoms with Crippen molar-refractivity contribution in [1.82, 2.24) is 4.31 Å². The Balaban J connectivity index is 3.26. The van der Waals surface area contributed by atoms with Gasteiger partial charge >= 0.3 is 0 Å². The molecule has 0 bridgehead atoms. The zero-order chi connectivity index (χ0) is 13.9. The molecule has 0 spiro atoms. The van der Waals surface area contributed by atoms with Crippen molar-refractivity contribution in [2.75, 3.05) is 25.9 Å². The summed E-state index contributed by atoms with van der Waals surface area (Å²) in [5.41, 5.74) is 4.81. The Labute approximate surface area is 104 Å². The zero-order valence-corrected chi connectivity index (χ0v) is 10.4. The van der Waals surface area contributed by atoms with E-state index >= 15 is 0 Å². The summed E-state index contributed by atoms with van der Waals surface area (Å²) >= 11 is 0. The summed E-state index contributed by atoms with van der Waals surface area (Å²) in [4.78, 5) is 9.69. The quantitative estimate of drug-likeness (QED) is 0.435. The highest BCUT2D eigenvalue weighted by molar-refractivity contribution is 7.89. The number of hydrogen-bond acceptors (Lipinski definition) is 6. The maximum absolute atomic E-state index is 12.0. The predicted molar refractivity (Wildman–Crippen MR) is 64.4 cm³/mol. The first kappa shape index (κ1) is 14.4. The first-order chi connectivity index (χ1) is 8.30. The van der Waals surface area contributed by atoms with Crippen molar-refractivity contribution in [2.24, 2.45) is 0 Å². The molecule has 3 N–H and O–H groups in total. The highest BCUT2D eigenvalue weighted by Gasteiger charge is 2.23. The molecule has 0 unspecified atom stereocenters. The van der Waals surface area contributed by atoms with E-state index in [2.05, 4.69) is 0 Å². The highest BCUT2D eigenvalue weighted by atomic mass is 32.2. The Morgan fingerprint density at radius 1 is 1.50 bits per heavy atom. The second-order valence-electron chi connectivity index (χ2n) is 3.53. The third-order valence-corrected chi connectivity index (χ3v) is 4.17. The van der Waals surface area contributed by atoms with Crippen LogP contribution >= 0.6 is 0 Å². The van der Waals surface area contributed by atoms with Crippen LogP contribution in [0, 0.1) is 10.1 Å². The minimum Gasteiger partial charge on any atom is -0.395 e. The van der Waals surface area contributed by atoms with Gasteiger partial charge in [-0.05, 0) is 12.1 Å². The van der Waals surface area contributed by atoms with Crippen molar-refractivity contribution in [3.8, 4) is 0 Å². The van der Waals surface area contributed by atoms with E-state index in [0.717, 1.165) is 16.4 Å². The maximum Gasteiger partial charge on any atom is 0.293 e. The summed E-state index contributed by atoms with van der Waals surface area (Å²) in [5.74, 6) is 0. The molecule has 0 saturated carbocycles. The van der Waals surface area contributed by atoms with Crippen LogP contribution < -0.4 is 5.73 Å². The van der Waals surface area contributed by atoms with E-state index in [1.165, 1.54) is 13.1 Å². The number of nitrogen functional groups attached to an aromatic ring is 1. The Kier molecular flexibility index (Phi) is 4.22. The van der Waals surface area contributed by atoms with Gasteiger partial charge in [0.1, 0.15) is 5.69 Å². The van der Waals surface area contributed by atoms with Gasteiger partial charge in [0.25, 0.3) is 5.69 Å². The van der Waals surface area contributed by atoms with E-state index in [0.29, 0.717) is 0 Å². The number of aliphatic hydroxyl groups excluding tert-OH is 1. The average molecular weight is 275 g/mol. The lowest BCUT2D eigenvalue weighted by Gasteiger charge is -2.15. The molecule has 0 saturated heterocycles. The predicted octanol–water partition coefficient (Wildman–Crippen LogP) is -0.210. The number of benzene rings is 1. The van der Waals surface area contributed by atoms with E-state index in [9.17, 15) is 18.5 Å². The third-order valence-electron chi connectivity index (χ3n) is 2.32. The molecule has 0 fully saturated rings. The Hall–Kier alpha value is -1.71. The lowest BCUT2D eigenvalue weighted by molar-refractivity contribution is -0.384. The van der Waals surface area contributed by atoms with Crippen LogP contribution in [-0.4, -0.2) is 43.0 Å². The maximum atomic E-state index is 12.0. The van der Waals surface area contributed by atoms with E-state index < -0.39 is 20.6 Å². The highest BCUT2D eigenvalue weighted by Crippen LogP contribution is 2.26. The minimum atomic E-state index is -3.86. The second-order valence-corrected chi connectivity index (χ2v) is 5.57. The molecule has 1 aromatic carbocycles. The Bertz CT molecular complexity index is 557. The molecule has 0 heterocycles. The summed E-state index contributed by atoms with van der Waals surface area (Å²) < 4.78 is 24.8. The van der Waals surface area contributed by atoms with Gasteiger partial charge in [-0.3, -0.25) is 10.1 Å². The SMILES string of the molecule is CN(CCO)S(=O)(=O)c1ccc(N)c([N+](=O)[O-])c1. The molecule has 1 rings (SSSR count). The van der Waals surface area contributed by atoms with E-state index in [1.54, 1.807) is 0 Å². The third kappa shape index (κ3) is 2.75. The lowest BCUT2D eigenvalue weighted by atomic mass is 10.3. The van der Waals surface area contributed by atoms with Gasteiger partial charge in [-0.1, -0.05) is 0 Å². The van der Waals surface area contributed by atoms with Crippen LogP contribution in [0.2, 0.25) is 0 Å². The number of anilines is 1. The van der Waals surface area contributed by atoms with Crippen LogP contribution in [0.3, 0.4) is 0 Å². The zero-order valence-electron chi connectivity index (χ0n) is 9.61. The number of hydrogen-bond donors (Lipinski definition) is 2. The molecule has 0 radical (unpaired) electrons. The average Bonchev–Trinajstić information content (AvgIpc) is 2.29. The number of rotatable bonds is 5. The van der Waals surface area contributed by atoms with Crippen LogP contribution in [0.5, 0.6) is 0 Å². The fraction of sp³-hybridized carbons (Fsp3) is 0.333. The van der Waals surface area contributed by atoms with Crippen LogP contribution in [-0.2, 0) is 10.0 Å². The number of sulfonamides is 1. The van der Waals surface area contributed by atoms with Gasteiger partial charge in [0.2, 0.25) is 10.0 Å². The van der Waals surface area contributed by atoms with E-state index in [4.69, 9.17) is 10.8 Å². The number of nitrogens with zero attached hydrogens (tertiary/aromatic N) is 2. The first-order valence-electron chi connectivity index (χ1n) is 4.92. The molecule has 9 heteroatoms.